The van der Waals surface area contributed by atoms with Crippen LogP contribution in [-0.4, -0.2) is 57.3 Å². The highest BCUT2D eigenvalue weighted by Gasteiger charge is 2.33. The van der Waals surface area contributed by atoms with Crippen LogP contribution in [0.15, 0.2) is 67.0 Å². The van der Waals surface area contributed by atoms with Crippen molar-refractivity contribution in [2.75, 3.05) is 26.2 Å². The molecule has 3 aromatic rings. The maximum atomic E-state index is 13.4. The molecule has 32 heavy (non-hydrogen) atoms. The summed E-state index contributed by atoms with van der Waals surface area (Å²) in [6.45, 7) is 4.28. The second-order valence-corrected chi connectivity index (χ2v) is 8.41. The molecule has 1 atom stereocenters. The molecule has 0 saturated carbocycles. The summed E-state index contributed by atoms with van der Waals surface area (Å²) in [6, 6.07) is 18.6. The summed E-state index contributed by atoms with van der Waals surface area (Å²) in [6.07, 6.45) is 4.90. The number of carbonyl (C=O) groups is 2. The molecular weight excluding hydrogens is 400 g/mol. The molecule has 2 aromatic carbocycles. The smallest absolute Gasteiger partial charge is 0.289 e. The van der Waals surface area contributed by atoms with E-state index in [-0.39, 0.29) is 17.7 Å². The molecule has 1 aliphatic rings. The lowest BCUT2D eigenvalue weighted by Crippen LogP contribution is -2.38. The lowest BCUT2D eigenvalue weighted by molar-refractivity contribution is -0.134. The van der Waals surface area contributed by atoms with E-state index < -0.39 is 0 Å². The average molecular weight is 431 g/mol. The number of hydrogen-bond acceptors (Lipinski definition) is 3. The van der Waals surface area contributed by atoms with E-state index in [1.165, 1.54) is 0 Å². The van der Waals surface area contributed by atoms with Gasteiger partial charge < -0.3 is 14.4 Å². The molecule has 0 aliphatic carbocycles. The summed E-state index contributed by atoms with van der Waals surface area (Å²) in [5.41, 5.74) is 3.39. The number of carbonyl (C=O) groups excluding carboxylic acids is 2. The van der Waals surface area contributed by atoms with Gasteiger partial charge in [-0.3, -0.25) is 9.59 Å². The summed E-state index contributed by atoms with van der Waals surface area (Å²) in [5, 5.41) is 0. The molecule has 0 unspecified atom stereocenters. The molecular formula is C26H30N4O2. The van der Waals surface area contributed by atoms with Gasteiger partial charge in [0.2, 0.25) is 5.91 Å². The number of hydrogen-bond donors (Lipinski definition) is 0. The minimum atomic E-state index is -0.278. The highest BCUT2D eigenvalue weighted by Crippen LogP contribution is 2.23. The van der Waals surface area contributed by atoms with Gasteiger partial charge in [-0.1, -0.05) is 61.5 Å². The van der Waals surface area contributed by atoms with E-state index in [2.05, 4.69) is 42.2 Å². The summed E-state index contributed by atoms with van der Waals surface area (Å²) in [5.74, 6) is 0.143. The number of nitrogens with zero attached hydrogens (tertiary/aromatic N) is 4. The van der Waals surface area contributed by atoms with E-state index in [4.69, 9.17) is 0 Å². The number of rotatable bonds is 6. The first kappa shape index (κ1) is 21.8. The van der Waals surface area contributed by atoms with Crippen LogP contribution < -0.4 is 0 Å². The molecule has 0 bridgehead atoms. The van der Waals surface area contributed by atoms with Crippen molar-refractivity contribution in [3.63, 3.8) is 0 Å². The highest BCUT2D eigenvalue weighted by molar-refractivity contribution is 5.91. The number of benzene rings is 2. The molecule has 1 aliphatic heterocycles. The van der Waals surface area contributed by atoms with Crippen molar-refractivity contribution in [1.29, 1.82) is 0 Å². The van der Waals surface area contributed by atoms with Crippen molar-refractivity contribution in [3.8, 4) is 11.1 Å². The monoisotopic (exact) mass is 430 g/mol. The fourth-order valence-electron chi connectivity index (χ4n) is 4.38. The Morgan fingerprint density at radius 2 is 1.84 bits per heavy atom. The van der Waals surface area contributed by atoms with Crippen molar-refractivity contribution in [3.05, 3.63) is 78.4 Å². The van der Waals surface area contributed by atoms with Crippen LogP contribution in [0.5, 0.6) is 0 Å². The fraction of sp³-hybridized carbons (Fsp3) is 0.346. The predicted molar refractivity (Wildman–Crippen MR) is 125 cm³/mol. The third kappa shape index (κ3) is 4.74. The normalized spacial score (nSPS) is 16.8. The Morgan fingerprint density at radius 1 is 1.06 bits per heavy atom. The molecule has 0 spiro atoms. The Labute approximate surface area is 189 Å². The Morgan fingerprint density at radius 3 is 2.56 bits per heavy atom. The van der Waals surface area contributed by atoms with Crippen molar-refractivity contribution < 1.29 is 9.59 Å². The zero-order valence-corrected chi connectivity index (χ0v) is 18.8. The van der Waals surface area contributed by atoms with E-state index >= 15 is 0 Å². The van der Waals surface area contributed by atoms with Gasteiger partial charge in [-0.05, 0) is 29.5 Å². The van der Waals surface area contributed by atoms with Crippen LogP contribution in [0.3, 0.4) is 0 Å². The summed E-state index contributed by atoms with van der Waals surface area (Å²) in [4.78, 5) is 34.5. The first-order valence-electron chi connectivity index (χ1n) is 11.3. The van der Waals surface area contributed by atoms with Gasteiger partial charge >= 0.3 is 0 Å². The molecule has 1 fully saturated rings. The van der Waals surface area contributed by atoms with Crippen LogP contribution in [0.25, 0.3) is 11.1 Å². The first-order valence-corrected chi connectivity index (χ1v) is 11.3. The van der Waals surface area contributed by atoms with Gasteiger partial charge in [0.1, 0.15) is 0 Å². The van der Waals surface area contributed by atoms with Gasteiger partial charge in [-0.2, -0.15) is 0 Å². The van der Waals surface area contributed by atoms with Gasteiger partial charge in [-0.15, -0.1) is 0 Å². The maximum absolute atomic E-state index is 13.4. The molecule has 0 N–H and O–H groups in total. The van der Waals surface area contributed by atoms with E-state index in [1.54, 1.807) is 21.9 Å². The van der Waals surface area contributed by atoms with Gasteiger partial charge in [0.25, 0.3) is 5.91 Å². The quantitative estimate of drug-likeness (QED) is 0.600. The number of aromatic nitrogens is 2. The molecule has 2 amide bonds. The van der Waals surface area contributed by atoms with E-state index in [1.807, 2.05) is 36.2 Å². The Bertz CT molecular complexity index is 1080. The first-order chi connectivity index (χ1) is 15.6. The van der Waals surface area contributed by atoms with Gasteiger partial charge in [0.15, 0.2) is 5.82 Å². The van der Waals surface area contributed by atoms with E-state index in [0.717, 1.165) is 23.1 Å². The van der Waals surface area contributed by atoms with Crippen molar-refractivity contribution in [2.24, 2.45) is 13.0 Å². The fourth-order valence-corrected chi connectivity index (χ4v) is 4.38. The van der Waals surface area contributed by atoms with E-state index in [9.17, 15) is 9.59 Å². The molecule has 6 nitrogen and oxygen atoms in total. The second-order valence-electron chi connectivity index (χ2n) is 8.41. The lowest BCUT2D eigenvalue weighted by Gasteiger charge is -2.24. The van der Waals surface area contributed by atoms with Crippen molar-refractivity contribution in [2.45, 2.75) is 19.8 Å². The van der Waals surface area contributed by atoms with Crippen molar-refractivity contribution >= 4 is 11.8 Å². The van der Waals surface area contributed by atoms with Crippen LogP contribution in [0.4, 0.5) is 0 Å². The largest absolute Gasteiger partial charge is 0.341 e. The number of aryl methyl sites for hydroxylation is 1. The maximum Gasteiger partial charge on any atom is 0.289 e. The Kier molecular flexibility index (Phi) is 6.69. The minimum absolute atomic E-state index is 0.119. The zero-order valence-electron chi connectivity index (χ0n) is 18.8. The van der Waals surface area contributed by atoms with Crippen LogP contribution in [-0.2, 0) is 18.3 Å². The number of amides is 2. The van der Waals surface area contributed by atoms with Crippen LogP contribution in [0.2, 0.25) is 0 Å². The summed E-state index contributed by atoms with van der Waals surface area (Å²) < 4.78 is 1.73. The molecule has 4 rings (SSSR count). The summed E-state index contributed by atoms with van der Waals surface area (Å²) >= 11 is 0. The molecule has 6 heteroatoms. The van der Waals surface area contributed by atoms with E-state index in [0.29, 0.717) is 38.4 Å². The second kappa shape index (κ2) is 9.81. The summed E-state index contributed by atoms with van der Waals surface area (Å²) in [7, 11) is 1.82. The molecule has 0 radical (unpaired) electrons. The molecule has 166 valence electrons. The average Bonchev–Trinajstić information content (AvgIpc) is 3.19. The zero-order chi connectivity index (χ0) is 22.5. The SMILES string of the molecule is CCCN1CCN(C(=O)c2nccn2C)C[C@@H](Cc2cccc(-c3ccccc3)c2)C1=O. The molecule has 1 aromatic heterocycles. The predicted octanol–water partition coefficient (Wildman–Crippen LogP) is 3.64. The Balaban J connectivity index is 1.59. The number of imidazole rings is 1. The highest BCUT2D eigenvalue weighted by atomic mass is 16.2. The van der Waals surface area contributed by atoms with Crippen molar-refractivity contribution in [1.82, 2.24) is 19.4 Å². The van der Waals surface area contributed by atoms with Crippen LogP contribution >= 0.6 is 0 Å². The topological polar surface area (TPSA) is 58.4 Å². The van der Waals surface area contributed by atoms with Gasteiger partial charge in [0, 0.05) is 45.6 Å². The Hall–Kier alpha value is -3.41. The van der Waals surface area contributed by atoms with Gasteiger partial charge in [-0.25, -0.2) is 4.98 Å². The van der Waals surface area contributed by atoms with Gasteiger partial charge in [0.05, 0.1) is 5.92 Å². The third-order valence-electron chi connectivity index (χ3n) is 6.05. The molecule has 2 heterocycles. The standard InChI is InChI=1S/C26H30N4O2/c1-3-13-29-15-16-30(26(32)24-27-12-14-28(24)2)19-23(25(29)31)18-20-8-7-11-22(17-20)21-9-5-4-6-10-21/h4-12,14,17,23H,3,13,15-16,18-19H2,1-2H3/t23-/m1/s1. The van der Waals surface area contributed by atoms with Crippen LogP contribution in [0, 0.1) is 5.92 Å². The lowest BCUT2D eigenvalue weighted by atomic mass is 9.94. The third-order valence-corrected chi connectivity index (χ3v) is 6.05. The minimum Gasteiger partial charge on any atom is -0.341 e. The van der Waals surface area contributed by atoms with Crippen LogP contribution in [0.1, 0.15) is 29.5 Å². The molecule has 1 saturated heterocycles.